The maximum Gasteiger partial charge on any atom is 0.336 e. The minimum absolute atomic E-state index is 0.189. The lowest BCUT2D eigenvalue weighted by Crippen LogP contribution is -2.16. The molecule has 0 saturated carbocycles. The summed E-state index contributed by atoms with van der Waals surface area (Å²) >= 11 is 0. The van der Waals surface area contributed by atoms with Crippen LogP contribution in [0.4, 0.5) is 0 Å². The zero-order valence-electron chi connectivity index (χ0n) is 12.4. The van der Waals surface area contributed by atoms with Crippen LogP contribution >= 0.6 is 0 Å². The average Bonchev–Trinajstić information content (AvgIpc) is 3.11. The van der Waals surface area contributed by atoms with Gasteiger partial charge in [-0.2, -0.15) is 0 Å². The number of hydrogen-bond acceptors (Lipinski definition) is 4. The van der Waals surface area contributed by atoms with Crippen LogP contribution in [0.1, 0.15) is 37.3 Å². The number of esters is 1. The molecule has 0 spiro atoms. The molecule has 0 aliphatic carbocycles. The summed E-state index contributed by atoms with van der Waals surface area (Å²) in [5, 5.41) is 0. The number of benzene rings is 1. The predicted octanol–water partition coefficient (Wildman–Crippen LogP) is 2.72. The monoisotopic (exact) mass is 287 g/mol. The second kappa shape index (κ2) is 6.29. The van der Waals surface area contributed by atoms with Crippen molar-refractivity contribution in [2.24, 2.45) is 4.99 Å². The van der Waals surface area contributed by atoms with Crippen LogP contribution < -0.4 is 4.74 Å². The standard InChI is InChI=1S/C17H21NO3/c1-2-20-17(19)16-14(18-16)6-4-3-5-12-7-8-15-13(11-12)9-10-21-15/h7-8,11,16H,2-6,9-10H2,1H3. The first-order valence-electron chi connectivity index (χ1n) is 7.75. The molecule has 0 saturated heterocycles. The molecule has 1 atom stereocenters. The van der Waals surface area contributed by atoms with Crippen LogP contribution in [0.15, 0.2) is 23.2 Å². The second-order valence-electron chi connectivity index (χ2n) is 5.52. The first-order valence-corrected chi connectivity index (χ1v) is 7.75. The Hall–Kier alpha value is -1.84. The molecule has 0 radical (unpaired) electrons. The number of fused-ring (bicyclic) bond motifs is 1. The van der Waals surface area contributed by atoms with Gasteiger partial charge in [-0.3, -0.25) is 4.99 Å². The molecule has 4 nitrogen and oxygen atoms in total. The fourth-order valence-electron chi connectivity index (χ4n) is 2.77. The molecule has 2 aliphatic rings. The van der Waals surface area contributed by atoms with Crippen molar-refractivity contribution < 1.29 is 14.3 Å². The molecule has 2 aliphatic heterocycles. The van der Waals surface area contributed by atoms with E-state index >= 15 is 0 Å². The zero-order chi connectivity index (χ0) is 14.7. The summed E-state index contributed by atoms with van der Waals surface area (Å²) in [5.41, 5.74) is 3.72. The molecule has 21 heavy (non-hydrogen) atoms. The van der Waals surface area contributed by atoms with Gasteiger partial charge in [-0.1, -0.05) is 12.1 Å². The van der Waals surface area contributed by atoms with Crippen molar-refractivity contribution >= 4 is 11.7 Å². The highest BCUT2D eigenvalue weighted by molar-refractivity contribution is 6.16. The Bertz CT molecular complexity index is 565. The van der Waals surface area contributed by atoms with Gasteiger partial charge in [-0.25, -0.2) is 4.79 Å². The van der Waals surface area contributed by atoms with Crippen LogP contribution in [0, 0.1) is 0 Å². The van der Waals surface area contributed by atoms with E-state index in [4.69, 9.17) is 9.47 Å². The van der Waals surface area contributed by atoms with Gasteiger partial charge in [0.25, 0.3) is 0 Å². The molecule has 0 aromatic heterocycles. The normalized spacial score (nSPS) is 18.7. The minimum Gasteiger partial charge on any atom is -0.493 e. The van der Waals surface area contributed by atoms with Crippen LogP contribution in [0.25, 0.3) is 0 Å². The second-order valence-corrected chi connectivity index (χ2v) is 5.52. The molecule has 112 valence electrons. The molecule has 0 bridgehead atoms. The van der Waals surface area contributed by atoms with E-state index in [1.165, 1.54) is 11.1 Å². The lowest BCUT2D eigenvalue weighted by atomic mass is 10.0. The molecule has 3 rings (SSSR count). The van der Waals surface area contributed by atoms with Gasteiger partial charge in [0.1, 0.15) is 5.75 Å². The fraction of sp³-hybridized carbons (Fsp3) is 0.529. The first kappa shape index (κ1) is 14.1. The van der Waals surface area contributed by atoms with Gasteiger partial charge in [0.05, 0.1) is 13.2 Å². The van der Waals surface area contributed by atoms with Crippen molar-refractivity contribution in [1.82, 2.24) is 0 Å². The van der Waals surface area contributed by atoms with Gasteiger partial charge in [0.2, 0.25) is 0 Å². The fourth-order valence-corrected chi connectivity index (χ4v) is 2.77. The van der Waals surface area contributed by atoms with Crippen LogP contribution in [-0.4, -0.2) is 30.9 Å². The summed E-state index contributed by atoms with van der Waals surface area (Å²) in [6, 6.07) is 6.24. The number of aliphatic imine (C=N–C) groups is 1. The van der Waals surface area contributed by atoms with Crippen LogP contribution in [-0.2, 0) is 22.4 Å². The Morgan fingerprint density at radius 1 is 1.38 bits per heavy atom. The average molecular weight is 287 g/mol. The van der Waals surface area contributed by atoms with Gasteiger partial charge in [0.15, 0.2) is 6.04 Å². The van der Waals surface area contributed by atoms with E-state index in [0.717, 1.165) is 50.2 Å². The molecule has 4 heteroatoms. The SMILES string of the molecule is CCOC(=O)C1N=C1CCCCc1ccc2c(c1)CCO2. The molecule has 0 N–H and O–H groups in total. The van der Waals surface area contributed by atoms with Crippen molar-refractivity contribution in [2.45, 2.75) is 45.1 Å². The summed E-state index contributed by atoms with van der Waals surface area (Å²) in [7, 11) is 0. The Kier molecular flexibility index (Phi) is 4.23. The summed E-state index contributed by atoms with van der Waals surface area (Å²) in [6.45, 7) is 3.07. The summed E-state index contributed by atoms with van der Waals surface area (Å²) in [6.07, 6.45) is 5.21. The third kappa shape index (κ3) is 3.43. The topological polar surface area (TPSA) is 47.9 Å². The zero-order valence-corrected chi connectivity index (χ0v) is 12.4. The van der Waals surface area contributed by atoms with E-state index in [0.29, 0.717) is 6.61 Å². The van der Waals surface area contributed by atoms with Crippen molar-refractivity contribution in [2.75, 3.05) is 13.2 Å². The molecule has 0 amide bonds. The Morgan fingerprint density at radius 3 is 3.10 bits per heavy atom. The molecule has 1 aromatic rings. The van der Waals surface area contributed by atoms with E-state index in [2.05, 4.69) is 23.2 Å². The van der Waals surface area contributed by atoms with Gasteiger partial charge < -0.3 is 9.47 Å². The van der Waals surface area contributed by atoms with E-state index in [1.807, 2.05) is 6.92 Å². The number of ether oxygens (including phenoxy) is 2. The number of nitrogens with zero attached hydrogens (tertiary/aromatic N) is 1. The quantitative estimate of drug-likeness (QED) is 0.572. The van der Waals surface area contributed by atoms with E-state index in [-0.39, 0.29) is 12.0 Å². The highest BCUT2D eigenvalue weighted by Gasteiger charge is 2.35. The van der Waals surface area contributed by atoms with E-state index in [9.17, 15) is 4.79 Å². The number of carbonyl (C=O) groups excluding carboxylic acids is 1. The van der Waals surface area contributed by atoms with Gasteiger partial charge in [0, 0.05) is 12.1 Å². The Morgan fingerprint density at radius 2 is 2.24 bits per heavy atom. The lowest BCUT2D eigenvalue weighted by Gasteiger charge is -2.04. The number of rotatable bonds is 7. The Balaban J connectivity index is 1.36. The van der Waals surface area contributed by atoms with Gasteiger partial charge in [-0.05, 0) is 49.8 Å². The number of aryl methyl sites for hydroxylation is 1. The van der Waals surface area contributed by atoms with E-state index < -0.39 is 0 Å². The van der Waals surface area contributed by atoms with E-state index in [1.54, 1.807) is 0 Å². The van der Waals surface area contributed by atoms with Crippen LogP contribution in [0.2, 0.25) is 0 Å². The highest BCUT2D eigenvalue weighted by atomic mass is 16.5. The smallest absolute Gasteiger partial charge is 0.336 e. The summed E-state index contributed by atoms with van der Waals surface area (Å²) in [4.78, 5) is 15.6. The number of carbonyl (C=O) groups is 1. The van der Waals surface area contributed by atoms with Crippen molar-refractivity contribution in [3.8, 4) is 5.75 Å². The highest BCUT2D eigenvalue weighted by Crippen LogP contribution is 2.26. The maximum absolute atomic E-state index is 11.4. The van der Waals surface area contributed by atoms with Crippen molar-refractivity contribution in [3.63, 3.8) is 0 Å². The maximum atomic E-state index is 11.4. The molecule has 2 heterocycles. The van der Waals surface area contributed by atoms with Gasteiger partial charge >= 0.3 is 5.97 Å². The number of unbranched alkanes of at least 4 members (excludes halogenated alkanes) is 1. The third-order valence-corrected chi connectivity index (χ3v) is 3.95. The van der Waals surface area contributed by atoms with Crippen LogP contribution in [0.3, 0.4) is 0 Å². The van der Waals surface area contributed by atoms with Crippen molar-refractivity contribution in [3.05, 3.63) is 29.3 Å². The van der Waals surface area contributed by atoms with Crippen LogP contribution in [0.5, 0.6) is 5.75 Å². The molecule has 1 aromatic carbocycles. The lowest BCUT2D eigenvalue weighted by molar-refractivity contribution is -0.142. The summed E-state index contributed by atoms with van der Waals surface area (Å²) < 4.78 is 10.5. The molecular formula is C17H21NO3. The Labute approximate surface area is 125 Å². The first-order chi connectivity index (χ1) is 10.3. The summed E-state index contributed by atoms with van der Waals surface area (Å²) in [5.74, 6) is 0.856. The van der Waals surface area contributed by atoms with Gasteiger partial charge in [-0.15, -0.1) is 0 Å². The molecule has 0 fully saturated rings. The third-order valence-electron chi connectivity index (χ3n) is 3.95. The molecular weight excluding hydrogens is 266 g/mol. The minimum atomic E-state index is -0.262. The number of hydrogen-bond donors (Lipinski definition) is 0. The molecule has 1 unspecified atom stereocenters. The predicted molar refractivity (Wildman–Crippen MR) is 81.1 cm³/mol. The van der Waals surface area contributed by atoms with Crippen molar-refractivity contribution in [1.29, 1.82) is 0 Å². The largest absolute Gasteiger partial charge is 0.493 e.